The molecule has 0 aromatic heterocycles. The molecule has 0 bridgehead atoms. The van der Waals surface area contributed by atoms with Crippen molar-refractivity contribution in [1.82, 2.24) is 4.90 Å². The van der Waals surface area contributed by atoms with E-state index in [1.54, 1.807) is 0 Å². The van der Waals surface area contributed by atoms with Crippen LogP contribution < -0.4 is 0 Å². The van der Waals surface area contributed by atoms with Crippen molar-refractivity contribution in [1.29, 1.82) is 0 Å². The van der Waals surface area contributed by atoms with Gasteiger partial charge in [0.05, 0.1) is 4.83 Å². The van der Waals surface area contributed by atoms with Crippen LogP contribution in [0.25, 0.3) is 0 Å². The molecule has 1 fully saturated rings. The number of alkyl halides is 1. The molecule has 1 rings (SSSR count). The standard InChI is InChI=1S/C11H20BrNO/c1-4-10(12)11(14)13(8(2)3)7-9-5-6-9/h8-10H,4-7H2,1-3H3. The number of carbonyl (C=O) groups excluding carboxylic acids is 1. The van der Waals surface area contributed by atoms with Gasteiger partial charge in [0.15, 0.2) is 0 Å². The summed E-state index contributed by atoms with van der Waals surface area (Å²) < 4.78 is 0. The molecule has 0 heterocycles. The van der Waals surface area contributed by atoms with E-state index in [-0.39, 0.29) is 10.7 Å². The average Bonchev–Trinajstić information content (AvgIpc) is 2.95. The van der Waals surface area contributed by atoms with Gasteiger partial charge in [0, 0.05) is 12.6 Å². The van der Waals surface area contributed by atoms with Crippen molar-refractivity contribution in [3.8, 4) is 0 Å². The van der Waals surface area contributed by atoms with Gasteiger partial charge in [-0.3, -0.25) is 4.79 Å². The number of rotatable bonds is 5. The fourth-order valence-corrected chi connectivity index (χ4v) is 1.75. The van der Waals surface area contributed by atoms with Crippen molar-refractivity contribution in [2.24, 2.45) is 5.92 Å². The highest BCUT2D eigenvalue weighted by Crippen LogP contribution is 2.30. The predicted molar refractivity (Wildman–Crippen MR) is 62.6 cm³/mol. The highest BCUT2D eigenvalue weighted by atomic mass is 79.9. The van der Waals surface area contributed by atoms with Crippen molar-refractivity contribution < 1.29 is 4.79 Å². The van der Waals surface area contributed by atoms with Gasteiger partial charge in [-0.15, -0.1) is 0 Å². The number of hydrogen-bond donors (Lipinski definition) is 0. The molecule has 0 saturated heterocycles. The molecule has 2 nitrogen and oxygen atoms in total. The third-order valence-corrected chi connectivity index (χ3v) is 3.72. The zero-order valence-electron chi connectivity index (χ0n) is 9.29. The number of hydrogen-bond acceptors (Lipinski definition) is 1. The maximum absolute atomic E-state index is 12.0. The molecule has 14 heavy (non-hydrogen) atoms. The normalized spacial score (nSPS) is 18.4. The Bertz CT molecular complexity index is 201. The van der Waals surface area contributed by atoms with Crippen LogP contribution in [-0.4, -0.2) is 28.2 Å². The lowest BCUT2D eigenvalue weighted by Crippen LogP contribution is -2.42. The highest BCUT2D eigenvalue weighted by Gasteiger charge is 2.30. The zero-order chi connectivity index (χ0) is 10.7. The summed E-state index contributed by atoms with van der Waals surface area (Å²) in [6.45, 7) is 7.18. The van der Waals surface area contributed by atoms with Crippen molar-refractivity contribution in [3.63, 3.8) is 0 Å². The Hall–Kier alpha value is -0.0500. The van der Waals surface area contributed by atoms with Crippen LogP contribution in [0.1, 0.15) is 40.0 Å². The first-order valence-corrected chi connectivity index (χ1v) is 6.42. The summed E-state index contributed by atoms with van der Waals surface area (Å²) in [4.78, 5) is 14.0. The number of carbonyl (C=O) groups is 1. The van der Waals surface area contributed by atoms with Gasteiger partial charge in [-0.25, -0.2) is 0 Å². The molecule has 0 aliphatic heterocycles. The van der Waals surface area contributed by atoms with Gasteiger partial charge in [0.25, 0.3) is 0 Å². The molecule has 1 saturated carbocycles. The average molecular weight is 262 g/mol. The third-order valence-electron chi connectivity index (χ3n) is 2.68. The molecule has 1 aliphatic rings. The minimum atomic E-state index is 0.00338. The molecule has 82 valence electrons. The maximum atomic E-state index is 12.0. The molecular weight excluding hydrogens is 242 g/mol. The number of nitrogens with zero attached hydrogens (tertiary/aromatic N) is 1. The summed E-state index contributed by atoms with van der Waals surface area (Å²) in [5.74, 6) is 1.03. The van der Waals surface area contributed by atoms with Crippen molar-refractivity contribution in [2.45, 2.75) is 50.9 Å². The summed E-state index contributed by atoms with van der Waals surface area (Å²) in [7, 11) is 0. The van der Waals surface area contributed by atoms with E-state index in [1.165, 1.54) is 12.8 Å². The topological polar surface area (TPSA) is 20.3 Å². The Labute approximate surface area is 95.2 Å². The van der Waals surface area contributed by atoms with E-state index in [4.69, 9.17) is 0 Å². The van der Waals surface area contributed by atoms with E-state index in [0.29, 0.717) is 6.04 Å². The van der Waals surface area contributed by atoms with Crippen LogP contribution >= 0.6 is 15.9 Å². The van der Waals surface area contributed by atoms with Gasteiger partial charge >= 0.3 is 0 Å². The Morgan fingerprint density at radius 2 is 2.07 bits per heavy atom. The molecule has 0 N–H and O–H groups in total. The first-order valence-electron chi connectivity index (χ1n) is 5.50. The molecule has 1 aliphatic carbocycles. The molecule has 0 spiro atoms. The second-order valence-corrected chi connectivity index (χ2v) is 5.51. The summed E-state index contributed by atoms with van der Waals surface area (Å²) in [6.07, 6.45) is 3.47. The van der Waals surface area contributed by atoms with E-state index in [2.05, 4.69) is 29.8 Å². The van der Waals surface area contributed by atoms with Gasteiger partial charge in [-0.05, 0) is 39.0 Å². The minimum absolute atomic E-state index is 0.00338. The van der Waals surface area contributed by atoms with Crippen LogP contribution in [0.15, 0.2) is 0 Å². The predicted octanol–water partition coefficient (Wildman–Crippen LogP) is 2.81. The second kappa shape index (κ2) is 5.15. The van der Waals surface area contributed by atoms with Crippen LogP contribution in [-0.2, 0) is 4.79 Å². The van der Waals surface area contributed by atoms with E-state index >= 15 is 0 Å². The van der Waals surface area contributed by atoms with Crippen molar-refractivity contribution >= 4 is 21.8 Å². The third kappa shape index (κ3) is 3.26. The summed E-state index contributed by atoms with van der Waals surface area (Å²) in [5.41, 5.74) is 0. The second-order valence-electron chi connectivity index (χ2n) is 4.40. The van der Waals surface area contributed by atoms with Gasteiger partial charge in [-0.1, -0.05) is 22.9 Å². The molecule has 1 amide bonds. The lowest BCUT2D eigenvalue weighted by molar-refractivity contribution is -0.132. The zero-order valence-corrected chi connectivity index (χ0v) is 10.9. The summed E-state index contributed by atoms with van der Waals surface area (Å²) >= 11 is 3.43. The SMILES string of the molecule is CCC(Br)C(=O)N(CC1CC1)C(C)C. The first kappa shape index (κ1) is 12.0. The molecule has 0 aromatic carbocycles. The van der Waals surface area contributed by atoms with Crippen LogP contribution in [0.2, 0.25) is 0 Å². The van der Waals surface area contributed by atoms with Crippen molar-refractivity contribution in [3.05, 3.63) is 0 Å². The largest absolute Gasteiger partial charge is 0.339 e. The fraction of sp³-hybridized carbons (Fsp3) is 0.909. The van der Waals surface area contributed by atoms with E-state index < -0.39 is 0 Å². The Morgan fingerprint density at radius 3 is 2.43 bits per heavy atom. The van der Waals surface area contributed by atoms with Gasteiger partial charge in [-0.2, -0.15) is 0 Å². The Kier molecular flexibility index (Phi) is 4.42. The fourth-order valence-electron chi connectivity index (χ4n) is 1.49. The first-order chi connectivity index (χ1) is 6.56. The van der Waals surface area contributed by atoms with Crippen LogP contribution in [0.5, 0.6) is 0 Å². The smallest absolute Gasteiger partial charge is 0.236 e. The van der Waals surface area contributed by atoms with Gasteiger partial charge in [0.1, 0.15) is 0 Å². The maximum Gasteiger partial charge on any atom is 0.236 e. The van der Waals surface area contributed by atoms with Gasteiger partial charge < -0.3 is 4.90 Å². The molecule has 0 radical (unpaired) electrons. The van der Waals surface area contributed by atoms with Gasteiger partial charge in [0.2, 0.25) is 5.91 Å². The summed E-state index contributed by atoms with van der Waals surface area (Å²) in [5, 5.41) is 0. The monoisotopic (exact) mass is 261 g/mol. The Morgan fingerprint density at radius 1 is 1.50 bits per heavy atom. The summed E-state index contributed by atoms with van der Waals surface area (Å²) in [6, 6.07) is 0.328. The number of halogens is 1. The lowest BCUT2D eigenvalue weighted by atomic mass is 10.2. The minimum Gasteiger partial charge on any atom is -0.339 e. The molecular formula is C11H20BrNO. The molecule has 1 atom stereocenters. The highest BCUT2D eigenvalue weighted by molar-refractivity contribution is 9.10. The Balaban J connectivity index is 2.51. The van der Waals surface area contributed by atoms with E-state index in [1.807, 2.05) is 11.8 Å². The molecule has 1 unspecified atom stereocenters. The molecule has 0 aromatic rings. The molecule has 3 heteroatoms. The van der Waals surface area contributed by atoms with Crippen LogP contribution in [0, 0.1) is 5.92 Å². The van der Waals surface area contributed by atoms with Crippen LogP contribution in [0.3, 0.4) is 0 Å². The van der Waals surface area contributed by atoms with E-state index in [9.17, 15) is 4.79 Å². The lowest BCUT2D eigenvalue weighted by Gasteiger charge is -2.28. The van der Waals surface area contributed by atoms with Crippen molar-refractivity contribution in [2.75, 3.05) is 6.54 Å². The number of amides is 1. The quantitative estimate of drug-likeness (QED) is 0.698. The van der Waals surface area contributed by atoms with E-state index in [0.717, 1.165) is 18.9 Å². The van der Waals surface area contributed by atoms with Crippen LogP contribution in [0.4, 0.5) is 0 Å².